The quantitative estimate of drug-likeness (QED) is 0.564. The summed E-state index contributed by atoms with van der Waals surface area (Å²) in [5, 5.41) is 12.5. The molecule has 1 unspecified atom stereocenters. The van der Waals surface area contributed by atoms with E-state index in [9.17, 15) is 19.5 Å². The zero-order valence-electron chi connectivity index (χ0n) is 15.3. The van der Waals surface area contributed by atoms with Gasteiger partial charge in [0.2, 0.25) is 0 Å². The molecule has 1 amide bonds. The van der Waals surface area contributed by atoms with Gasteiger partial charge >= 0.3 is 5.97 Å². The van der Waals surface area contributed by atoms with E-state index in [1.165, 1.54) is 0 Å². The minimum atomic E-state index is -1.04. The number of hydrogen-bond donors (Lipinski definition) is 2. The summed E-state index contributed by atoms with van der Waals surface area (Å²) in [6.07, 6.45) is -0.275. The van der Waals surface area contributed by atoms with Gasteiger partial charge in [-0.1, -0.05) is 60.1 Å². The lowest BCUT2D eigenvalue weighted by Gasteiger charge is -2.18. The van der Waals surface area contributed by atoms with Gasteiger partial charge in [-0.3, -0.25) is 14.4 Å². The van der Waals surface area contributed by atoms with Gasteiger partial charge in [0.15, 0.2) is 5.78 Å². The highest BCUT2D eigenvalue weighted by molar-refractivity contribution is 6.30. The first kappa shape index (κ1) is 20.3. The number of benzene rings is 3. The second-order valence-electron chi connectivity index (χ2n) is 6.42. The van der Waals surface area contributed by atoms with E-state index in [0.29, 0.717) is 16.1 Å². The van der Waals surface area contributed by atoms with E-state index < -0.39 is 17.9 Å². The molecule has 0 fully saturated rings. The summed E-state index contributed by atoms with van der Waals surface area (Å²) in [6, 6.07) is 21.0. The Morgan fingerprint density at radius 2 is 1.41 bits per heavy atom. The molecule has 3 rings (SSSR count). The van der Waals surface area contributed by atoms with Gasteiger partial charge in [-0.05, 0) is 35.9 Å². The Morgan fingerprint density at radius 1 is 0.828 bits per heavy atom. The molecule has 146 valence electrons. The van der Waals surface area contributed by atoms with Crippen LogP contribution in [0.1, 0.15) is 44.3 Å². The second kappa shape index (κ2) is 9.17. The highest BCUT2D eigenvalue weighted by Crippen LogP contribution is 2.20. The van der Waals surface area contributed by atoms with Crippen molar-refractivity contribution < 1.29 is 19.5 Å². The van der Waals surface area contributed by atoms with Gasteiger partial charge in [0, 0.05) is 16.1 Å². The normalized spacial score (nSPS) is 11.5. The molecule has 0 aromatic heterocycles. The van der Waals surface area contributed by atoms with Crippen molar-refractivity contribution in [1.29, 1.82) is 0 Å². The zero-order valence-corrected chi connectivity index (χ0v) is 16.1. The van der Waals surface area contributed by atoms with Crippen LogP contribution in [0, 0.1) is 0 Å². The predicted molar refractivity (Wildman–Crippen MR) is 110 cm³/mol. The Balaban J connectivity index is 1.90. The molecular formula is C23H18ClNO4. The van der Waals surface area contributed by atoms with Crippen LogP contribution in [0.15, 0.2) is 78.9 Å². The average molecular weight is 408 g/mol. The van der Waals surface area contributed by atoms with Gasteiger partial charge in [0.1, 0.15) is 0 Å². The number of amides is 1. The lowest BCUT2D eigenvalue weighted by molar-refractivity contribution is -0.137. The fraction of sp³-hybridized carbons (Fsp3) is 0.0870. The van der Waals surface area contributed by atoms with E-state index in [-0.39, 0.29) is 23.3 Å². The van der Waals surface area contributed by atoms with Crippen molar-refractivity contribution in [2.75, 3.05) is 0 Å². The fourth-order valence-corrected chi connectivity index (χ4v) is 3.11. The van der Waals surface area contributed by atoms with Crippen molar-refractivity contribution in [2.24, 2.45) is 0 Å². The molecule has 5 nitrogen and oxygen atoms in total. The third-order valence-corrected chi connectivity index (χ3v) is 4.66. The van der Waals surface area contributed by atoms with Gasteiger partial charge in [0.05, 0.1) is 18.0 Å². The van der Waals surface area contributed by atoms with Crippen LogP contribution in [0.2, 0.25) is 5.02 Å². The summed E-state index contributed by atoms with van der Waals surface area (Å²) in [5.41, 5.74) is 1.48. The van der Waals surface area contributed by atoms with E-state index in [2.05, 4.69) is 5.32 Å². The number of aliphatic carboxylic acids is 1. The van der Waals surface area contributed by atoms with Crippen LogP contribution in [0.4, 0.5) is 0 Å². The first-order chi connectivity index (χ1) is 14.0. The molecule has 0 saturated carbocycles. The average Bonchev–Trinajstić information content (AvgIpc) is 2.73. The Bertz CT molecular complexity index is 1030. The van der Waals surface area contributed by atoms with Crippen LogP contribution in [0.3, 0.4) is 0 Å². The summed E-state index contributed by atoms with van der Waals surface area (Å²) < 4.78 is 0. The van der Waals surface area contributed by atoms with Crippen LogP contribution < -0.4 is 5.32 Å². The molecule has 1 atom stereocenters. The number of ketones is 1. The molecule has 0 saturated heterocycles. The minimum absolute atomic E-state index is 0.179. The van der Waals surface area contributed by atoms with Crippen molar-refractivity contribution in [3.05, 3.63) is 106 Å². The molecule has 0 aliphatic heterocycles. The third-order valence-electron chi connectivity index (χ3n) is 4.41. The summed E-state index contributed by atoms with van der Waals surface area (Å²) in [5.74, 6) is -1.87. The van der Waals surface area contributed by atoms with Crippen LogP contribution in [0.25, 0.3) is 0 Å². The molecule has 0 spiro atoms. The van der Waals surface area contributed by atoms with Crippen molar-refractivity contribution in [2.45, 2.75) is 12.5 Å². The highest BCUT2D eigenvalue weighted by atomic mass is 35.5. The number of rotatable bonds is 7. The lowest BCUT2D eigenvalue weighted by atomic mass is 9.97. The van der Waals surface area contributed by atoms with E-state index in [1.54, 1.807) is 72.8 Å². The van der Waals surface area contributed by atoms with Crippen molar-refractivity contribution in [1.82, 2.24) is 5.32 Å². The first-order valence-electron chi connectivity index (χ1n) is 8.92. The Kier molecular flexibility index (Phi) is 6.42. The summed E-state index contributed by atoms with van der Waals surface area (Å²) >= 11 is 5.88. The molecule has 6 heteroatoms. The largest absolute Gasteiger partial charge is 0.481 e. The smallest absolute Gasteiger partial charge is 0.305 e. The predicted octanol–water partition coefficient (Wildman–Crippen LogP) is 4.52. The SMILES string of the molecule is O=C(O)CC(NC(=O)c1ccccc1C(=O)c1ccc(Cl)cc1)c1ccccc1. The Hall–Kier alpha value is -3.44. The number of carbonyl (C=O) groups is 3. The molecular weight excluding hydrogens is 390 g/mol. The summed E-state index contributed by atoms with van der Waals surface area (Å²) in [4.78, 5) is 37.1. The molecule has 0 bridgehead atoms. The number of hydrogen-bond acceptors (Lipinski definition) is 3. The van der Waals surface area contributed by atoms with Crippen molar-refractivity contribution >= 4 is 29.3 Å². The van der Waals surface area contributed by atoms with Gasteiger partial charge in [-0.25, -0.2) is 0 Å². The molecule has 0 radical (unpaired) electrons. The van der Waals surface area contributed by atoms with Gasteiger partial charge in [-0.15, -0.1) is 0 Å². The number of halogens is 1. The standard InChI is InChI=1S/C23H18ClNO4/c24-17-12-10-16(11-13-17)22(28)18-8-4-5-9-19(18)23(29)25-20(14-21(26)27)15-6-2-1-3-7-15/h1-13,20H,14H2,(H,25,29)(H,26,27). The number of carboxylic acid groups (broad SMARTS) is 1. The molecule has 0 heterocycles. The molecule has 0 aliphatic carbocycles. The van der Waals surface area contributed by atoms with Gasteiger partial charge in [-0.2, -0.15) is 0 Å². The number of nitrogens with one attached hydrogen (secondary N) is 1. The molecule has 3 aromatic carbocycles. The first-order valence-corrected chi connectivity index (χ1v) is 9.30. The van der Waals surface area contributed by atoms with Gasteiger partial charge in [0.25, 0.3) is 5.91 Å². The maximum atomic E-state index is 12.9. The second-order valence-corrected chi connectivity index (χ2v) is 6.85. The molecule has 0 aliphatic rings. The van der Waals surface area contributed by atoms with E-state index in [0.717, 1.165) is 0 Å². The Labute approximate surface area is 173 Å². The zero-order chi connectivity index (χ0) is 20.8. The highest BCUT2D eigenvalue weighted by Gasteiger charge is 2.22. The monoisotopic (exact) mass is 407 g/mol. The van der Waals surface area contributed by atoms with Crippen molar-refractivity contribution in [3.63, 3.8) is 0 Å². The molecule has 29 heavy (non-hydrogen) atoms. The Morgan fingerprint density at radius 3 is 2.03 bits per heavy atom. The molecule has 2 N–H and O–H groups in total. The van der Waals surface area contributed by atoms with Crippen LogP contribution in [-0.2, 0) is 4.79 Å². The molecule has 3 aromatic rings. The number of carbonyl (C=O) groups excluding carboxylic acids is 2. The summed E-state index contributed by atoms with van der Waals surface area (Å²) in [6.45, 7) is 0. The van der Waals surface area contributed by atoms with Gasteiger partial charge < -0.3 is 10.4 Å². The topological polar surface area (TPSA) is 83.5 Å². The van der Waals surface area contributed by atoms with E-state index in [4.69, 9.17) is 11.6 Å². The maximum Gasteiger partial charge on any atom is 0.305 e. The number of carboxylic acids is 1. The third kappa shape index (κ3) is 5.09. The fourth-order valence-electron chi connectivity index (χ4n) is 2.98. The van der Waals surface area contributed by atoms with E-state index >= 15 is 0 Å². The minimum Gasteiger partial charge on any atom is -0.481 e. The lowest BCUT2D eigenvalue weighted by Crippen LogP contribution is -2.31. The van der Waals surface area contributed by atoms with Crippen LogP contribution in [0.5, 0.6) is 0 Å². The van der Waals surface area contributed by atoms with E-state index in [1.807, 2.05) is 6.07 Å². The maximum absolute atomic E-state index is 12.9. The van der Waals surface area contributed by atoms with Crippen LogP contribution in [-0.4, -0.2) is 22.8 Å². The summed E-state index contributed by atoms with van der Waals surface area (Å²) in [7, 11) is 0. The van der Waals surface area contributed by atoms with Crippen molar-refractivity contribution in [3.8, 4) is 0 Å². The van der Waals surface area contributed by atoms with Crippen LogP contribution >= 0.6 is 11.6 Å².